The summed E-state index contributed by atoms with van der Waals surface area (Å²) in [5.74, 6) is 2.88. The van der Waals surface area contributed by atoms with E-state index in [4.69, 9.17) is 4.74 Å². The standard InChI is InChI=1S/C25H41NO2/c1-19(2)24-10-9-20(3)15-25(24)28-18-23(27)17-26-13-11-22(12-14-26)16-21-7-5-4-6-8-21/h4-8,19-20,22-25,27H,9-18H2,1-3H3/p+1/t20-,23-,24+,25-/m1/s1. The number of nitrogens with one attached hydrogen (secondary N) is 1. The molecule has 1 aromatic rings. The number of rotatable bonds is 8. The van der Waals surface area contributed by atoms with Crippen molar-refractivity contribution in [2.45, 2.75) is 71.5 Å². The molecule has 0 spiro atoms. The van der Waals surface area contributed by atoms with Crippen LogP contribution in [-0.4, -0.2) is 43.6 Å². The lowest BCUT2D eigenvalue weighted by Gasteiger charge is -2.37. The van der Waals surface area contributed by atoms with Crippen molar-refractivity contribution < 1.29 is 14.7 Å². The number of aliphatic hydroxyl groups is 1. The van der Waals surface area contributed by atoms with Crippen molar-refractivity contribution in [3.05, 3.63) is 35.9 Å². The van der Waals surface area contributed by atoms with E-state index in [1.54, 1.807) is 4.90 Å². The number of piperidine rings is 1. The Kier molecular flexibility index (Phi) is 8.37. The molecule has 0 bridgehead atoms. The van der Waals surface area contributed by atoms with Gasteiger partial charge in [-0.3, -0.25) is 0 Å². The summed E-state index contributed by atoms with van der Waals surface area (Å²) >= 11 is 0. The van der Waals surface area contributed by atoms with Gasteiger partial charge in [0.1, 0.15) is 12.6 Å². The first-order valence-electron chi connectivity index (χ1n) is 11.7. The lowest BCUT2D eigenvalue weighted by molar-refractivity contribution is -0.909. The van der Waals surface area contributed by atoms with Gasteiger partial charge in [-0.2, -0.15) is 0 Å². The molecule has 3 rings (SSSR count). The molecule has 1 saturated heterocycles. The maximum absolute atomic E-state index is 10.6. The van der Waals surface area contributed by atoms with E-state index in [0.717, 1.165) is 24.8 Å². The SMILES string of the molecule is CC(C)[C@@H]1CC[C@@H](C)C[C@H]1OC[C@H](O)C[NH+]1CCC(Cc2ccccc2)CC1. The molecule has 3 nitrogen and oxygen atoms in total. The van der Waals surface area contributed by atoms with Crippen molar-refractivity contribution >= 4 is 0 Å². The van der Waals surface area contributed by atoms with E-state index in [-0.39, 0.29) is 6.10 Å². The van der Waals surface area contributed by atoms with Crippen LogP contribution in [-0.2, 0) is 11.2 Å². The van der Waals surface area contributed by atoms with Crippen LogP contribution in [0.15, 0.2) is 30.3 Å². The third kappa shape index (κ3) is 6.57. The summed E-state index contributed by atoms with van der Waals surface area (Å²) in [6, 6.07) is 10.9. The van der Waals surface area contributed by atoms with Crippen LogP contribution in [0.3, 0.4) is 0 Å². The van der Waals surface area contributed by atoms with Gasteiger partial charge in [0.05, 0.1) is 25.8 Å². The highest BCUT2D eigenvalue weighted by Crippen LogP contribution is 2.35. The molecule has 28 heavy (non-hydrogen) atoms. The lowest BCUT2D eigenvalue weighted by atomic mass is 9.75. The van der Waals surface area contributed by atoms with E-state index in [2.05, 4.69) is 51.1 Å². The summed E-state index contributed by atoms with van der Waals surface area (Å²) in [5.41, 5.74) is 1.46. The fourth-order valence-corrected chi connectivity index (χ4v) is 5.37. The number of ether oxygens (including phenoxy) is 1. The Morgan fingerprint density at radius 2 is 1.79 bits per heavy atom. The Morgan fingerprint density at radius 3 is 2.46 bits per heavy atom. The first-order valence-corrected chi connectivity index (χ1v) is 11.7. The van der Waals surface area contributed by atoms with Crippen molar-refractivity contribution in [1.29, 1.82) is 0 Å². The molecule has 1 aliphatic heterocycles. The van der Waals surface area contributed by atoms with E-state index in [1.165, 1.54) is 50.8 Å². The predicted molar refractivity (Wildman–Crippen MR) is 116 cm³/mol. The van der Waals surface area contributed by atoms with Gasteiger partial charge < -0.3 is 14.7 Å². The summed E-state index contributed by atoms with van der Waals surface area (Å²) in [5, 5.41) is 10.6. The maximum atomic E-state index is 10.6. The van der Waals surface area contributed by atoms with Crippen molar-refractivity contribution in [1.82, 2.24) is 0 Å². The summed E-state index contributed by atoms with van der Waals surface area (Å²) in [7, 11) is 0. The van der Waals surface area contributed by atoms with Gasteiger partial charge in [0.2, 0.25) is 0 Å². The van der Waals surface area contributed by atoms with Gasteiger partial charge in [0.15, 0.2) is 0 Å². The summed E-state index contributed by atoms with van der Waals surface area (Å²) in [4.78, 5) is 1.55. The van der Waals surface area contributed by atoms with E-state index < -0.39 is 0 Å². The van der Waals surface area contributed by atoms with Crippen molar-refractivity contribution in [2.24, 2.45) is 23.7 Å². The average molecular weight is 389 g/mol. The van der Waals surface area contributed by atoms with Crippen LogP contribution < -0.4 is 4.90 Å². The van der Waals surface area contributed by atoms with Crippen molar-refractivity contribution in [3.63, 3.8) is 0 Å². The van der Waals surface area contributed by atoms with E-state index in [0.29, 0.717) is 24.5 Å². The third-order valence-electron chi connectivity index (χ3n) is 7.17. The van der Waals surface area contributed by atoms with E-state index in [9.17, 15) is 5.11 Å². The maximum Gasteiger partial charge on any atom is 0.126 e. The largest absolute Gasteiger partial charge is 0.385 e. The minimum absolute atomic E-state index is 0.328. The zero-order valence-corrected chi connectivity index (χ0v) is 18.3. The molecule has 2 N–H and O–H groups in total. The second-order valence-electron chi connectivity index (χ2n) is 9.94. The topological polar surface area (TPSA) is 33.9 Å². The zero-order valence-electron chi connectivity index (χ0n) is 18.3. The molecule has 1 aromatic carbocycles. The van der Waals surface area contributed by atoms with Crippen LogP contribution in [0.1, 0.15) is 58.4 Å². The van der Waals surface area contributed by atoms with Crippen LogP contribution in [0, 0.1) is 23.7 Å². The highest BCUT2D eigenvalue weighted by molar-refractivity contribution is 5.15. The van der Waals surface area contributed by atoms with Crippen molar-refractivity contribution in [2.75, 3.05) is 26.2 Å². The number of hydrogen-bond donors (Lipinski definition) is 2. The Hall–Kier alpha value is -0.900. The Labute approximate surface area is 172 Å². The molecule has 0 radical (unpaired) electrons. The molecular formula is C25H42NO2+. The Morgan fingerprint density at radius 1 is 1.07 bits per heavy atom. The van der Waals surface area contributed by atoms with Gasteiger partial charge in [0, 0.05) is 0 Å². The molecule has 2 fully saturated rings. The van der Waals surface area contributed by atoms with Crippen LogP contribution in [0.2, 0.25) is 0 Å². The van der Waals surface area contributed by atoms with Gasteiger partial charge in [0.25, 0.3) is 0 Å². The number of benzene rings is 1. The smallest absolute Gasteiger partial charge is 0.126 e. The normalized spacial score (nSPS) is 32.4. The molecule has 0 unspecified atom stereocenters. The fourth-order valence-electron chi connectivity index (χ4n) is 5.37. The first-order chi connectivity index (χ1) is 13.5. The van der Waals surface area contributed by atoms with Gasteiger partial charge in [-0.1, -0.05) is 57.5 Å². The molecule has 1 heterocycles. The molecule has 0 aromatic heterocycles. The fraction of sp³-hybridized carbons (Fsp3) is 0.760. The van der Waals surface area contributed by atoms with Crippen LogP contribution in [0.5, 0.6) is 0 Å². The highest BCUT2D eigenvalue weighted by Gasteiger charge is 2.32. The molecular weight excluding hydrogens is 346 g/mol. The lowest BCUT2D eigenvalue weighted by Crippen LogP contribution is -3.14. The minimum atomic E-state index is -0.328. The summed E-state index contributed by atoms with van der Waals surface area (Å²) < 4.78 is 6.27. The van der Waals surface area contributed by atoms with Gasteiger partial charge >= 0.3 is 0 Å². The van der Waals surface area contributed by atoms with E-state index in [1.807, 2.05) is 0 Å². The number of aliphatic hydroxyl groups excluding tert-OH is 1. The molecule has 4 atom stereocenters. The summed E-state index contributed by atoms with van der Waals surface area (Å²) in [6.45, 7) is 10.7. The molecule has 3 heteroatoms. The predicted octanol–water partition coefficient (Wildman–Crippen LogP) is 3.36. The second-order valence-corrected chi connectivity index (χ2v) is 9.94. The third-order valence-corrected chi connectivity index (χ3v) is 7.17. The molecule has 158 valence electrons. The number of likely N-dealkylation sites (tertiary alicyclic amines) is 1. The molecule has 1 saturated carbocycles. The summed E-state index contributed by atoms with van der Waals surface area (Å²) in [6.07, 6.45) is 7.52. The van der Waals surface area contributed by atoms with Gasteiger partial charge in [-0.25, -0.2) is 0 Å². The minimum Gasteiger partial charge on any atom is -0.385 e. The highest BCUT2D eigenvalue weighted by atomic mass is 16.5. The van der Waals surface area contributed by atoms with Crippen LogP contribution in [0.4, 0.5) is 0 Å². The molecule has 2 aliphatic rings. The average Bonchev–Trinajstić information content (AvgIpc) is 2.68. The first kappa shape index (κ1) is 21.8. The van der Waals surface area contributed by atoms with Gasteiger partial charge in [-0.05, 0) is 61.3 Å². The number of hydrogen-bond acceptors (Lipinski definition) is 2. The van der Waals surface area contributed by atoms with Crippen LogP contribution >= 0.6 is 0 Å². The van der Waals surface area contributed by atoms with Crippen molar-refractivity contribution in [3.8, 4) is 0 Å². The monoisotopic (exact) mass is 388 g/mol. The quantitative estimate of drug-likeness (QED) is 0.716. The zero-order chi connectivity index (χ0) is 19.9. The Balaban J connectivity index is 1.36. The molecule has 1 aliphatic carbocycles. The number of quaternary nitrogens is 1. The van der Waals surface area contributed by atoms with E-state index >= 15 is 0 Å². The second kappa shape index (κ2) is 10.8. The van der Waals surface area contributed by atoms with Crippen LogP contribution in [0.25, 0.3) is 0 Å². The molecule has 0 amide bonds. The Bertz CT molecular complexity index is 553. The van der Waals surface area contributed by atoms with Gasteiger partial charge in [-0.15, -0.1) is 0 Å².